The van der Waals surface area contributed by atoms with Crippen LogP contribution in [-0.2, 0) is 42.9 Å². The molecule has 13 nitrogen and oxygen atoms in total. The zero-order valence-electron chi connectivity index (χ0n) is 20.8. The molecule has 0 spiro atoms. The second-order valence-electron chi connectivity index (χ2n) is 8.27. The highest BCUT2D eigenvalue weighted by Gasteiger charge is 2.53. The summed E-state index contributed by atoms with van der Waals surface area (Å²) in [5, 5.41) is 10.3. The Morgan fingerprint density at radius 1 is 0.865 bits per heavy atom. The first-order valence-electron chi connectivity index (χ1n) is 11.2. The first-order chi connectivity index (χ1) is 17.4. The van der Waals surface area contributed by atoms with Crippen LogP contribution < -0.4 is 4.74 Å². The third-order valence-corrected chi connectivity index (χ3v) is 5.28. The molecule has 1 fully saturated rings. The number of aromatic nitrogens is 1. The molecule has 1 aromatic heterocycles. The number of rotatable bonds is 7. The summed E-state index contributed by atoms with van der Waals surface area (Å²) < 4.78 is 34.3. The lowest BCUT2D eigenvalue weighted by molar-refractivity contribution is -0.288. The minimum Gasteiger partial charge on any atom is -0.508 e. The van der Waals surface area contributed by atoms with Crippen LogP contribution in [0, 0.1) is 0 Å². The molecular weight excluding hydrogens is 494 g/mol. The zero-order chi connectivity index (χ0) is 27.4. The van der Waals surface area contributed by atoms with Gasteiger partial charge < -0.3 is 33.5 Å². The summed E-state index contributed by atoms with van der Waals surface area (Å²) in [5.74, 6) is -3.41. The van der Waals surface area contributed by atoms with Crippen molar-refractivity contribution in [2.24, 2.45) is 0 Å². The highest BCUT2D eigenvalue weighted by Crippen LogP contribution is 2.35. The number of hydrogen-bond acceptors (Lipinski definition) is 12. The predicted molar refractivity (Wildman–Crippen MR) is 122 cm³/mol. The van der Waals surface area contributed by atoms with Gasteiger partial charge in [-0.15, -0.1) is 0 Å². The van der Waals surface area contributed by atoms with E-state index in [0.717, 1.165) is 27.7 Å². The first kappa shape index (κ1) is 27.5. The lowest BCUT2D eigenvalue weighted by atomic mass is 9.98. The number of nitrogens with zero attached hydrogens (tertiary/aromatic N) is 1. The summed E-state index contributed by atoms with van der Waals surface area (Å²) in [6.45, 7) is 5.38. The van der Waals surface area contributed by atoms with Crippen molar-refractivity contribution in [3.8, 4) is 11.5 Å². The van der Waals surface area contributed by atoms with E-state index in [0.29, 0.717) is 10.9 Å². The van der Waals surface area contributed by atoms with Crippen molar-refractivity contribution in [2.45, 2.75) is 65.3 Å². The molecule has 1 N–H and O–H groups in total. The monoisotopic (exact) mass is 521 g/mol. The third kappa shape index (κ3) is 6.55. The van der Waals surface area contributed by atoms with Crippen LogP contribution in [0.3, 0.4) is 0 Å². The molecule has 0 radical (unpaired) electrons. The molecule has 2 aromatic rings. The molecule has 5 atom stereocenters. The van der Waals surface area contributed by atoms with Gasteiger partial charge in [-0.3, -0.25) is 28.5 Å². The summed E-state index contributed by atoms with van der Waals surface area (Å²) in [6, 6.07) is 4.25. The Labute approximate surface area is 211 Å². The van der Waals surface area contributed by atoms with Crippen molar-refractivity contribution in [2.75, 3.05) is 6.61 Å². The number of phenolic OH excluding ortho intramolecular Hbond substituents is 1. The minimum absolute atomic E-state index is 0.0574. The Bertz CT molecular complexity index is 1220. The molecule has 0 amide bonds. The van der Waals surface area contributed by atoms with Gasteiger partial charge in [-0.1, -0.05) is 0 Å². The number of phenols is 1. The number of ether oxygens (including phenoxy) is 6. The van der Waals surface area contributed by atoms with Crippen LogP contribution in [0.1, 0.15) is 39.4 Å². The zero-order valence-corrected chi connectivity index (χ0v) is 20.8. The fourth-order valence-corrected chi connectivity index (χ4v) is 3.95. The van der Waals surface area contributed by atoms with Crippen LogP contribution in [0.2, 0.25) is 0 Å². The number of benzene rings is 1. The van der Waals surface area contributed by atoms with E-state index in [-0.39, 0.29) is 17.4 Å². The number of hydrogen-bond donors (Lipinski definition) is 1. The maximum atomic E-state index is 12.2. The smallest absolute Gasteiger partial charge is 0.303 e. The van der Waals surface area contributed by atoms with E-state index in [2.05, 4.69) is 0 Å². The summed E-state index contributed by atoms with van der Waals surface area (Å²) in [4.78, 5) is 59.4. The van der Waals surface area contributed by atoms with Gasteiger partial charge in [0.05, 0.1) is 11.7 Å². The van der Waals surface area contributed by atoms with E-state index in [1.54, 1.807) is 0 Å². The second kappa shape index (κ2) is 11.3. The molecule has 200 valence electrons. The largest absolute Gasteiger partial charge is 0.508 e. The molecule has 1 aliphatic heterocycles. The first-order valence-corrected chi connectivity index (χ1v) is 11.2. The average molecular weight is 521 g/mol. The quantitative estimate of drug-likeness (QED) is 0.412. The van der Waals surface area contributed by atoms with E-state index in [9.17, 15) is 29.1 Å². The highest BCUT2D eigenvalue weighted by atomic mass is 16.7. The molecule has 0 bridgehead atoms. The van der Waals surface area contributed by atoms with Gasteiger partial charge in [-0.2, -0.15) is 0 Å². The van der Waals surface area contributed by atoms with Crippen molar-refractivity contribution in [3.05, 3.63) is 24.4 Å². The van der Waals surface area contributed by atoms with Crippen molar-refractivity contribution in [3.63, 3.8) is 0 Å². The normalized spacial score (nSPS) is 23.1. The topological polar surface area (TPSA) is 166 Å². The SMILES string of the molecule is CC(=O)OC[C@H]1O[C@@H](Oc2cn(C(C)=O)c3ccc(O)cc23)[C@H](OC(C)=O)[C@@H](OC(C)=O)[C@@H]1OC(C)=O. The Morgan fingerprint density at radius 2 is 1.46 bits per heavy atom. The predicted octanol–water partition coefficient (Wildman–Crippen LogP) is 1.47. The lowest BCUT2D eigenvalue weighted by Crippen LogP contribution is -2.63. The summed E-state index contributed by atoms with van der Waals surface area (Å²) in [5.41, 5.74) is 0.408. The van der Waals surface area contributed by atoms with E-state index in [4.69, 9.17) is 28.4 Å². The molecule has 37 heavy (non-hydrogen) atoms. The number of esters is 4. The number of carbonyl (C=O) groups excluding carboxylic acids is 5. The third-order valence-electron chi connectivity index (χ3n) is 5.28. The van der Waals surface area contributed by atoms with Gasteiger partial charge in [0, 0.05) is 40.0 Å². The van der Waals surface area contributed by atoms with Crippen LogP contribution >= 0.6 is 0 Å². The fourth-order valence-electron chi connectivity index (χ4n) is 3.95. The molecule has 1 aromatic carbocycles. The van der Waals surface area contributed by atoms with Crippen LogP contribution in [0.5, 0.6) is 11.5 Å². The molecular formula is C24H27NO12. The second-order valence-corrected chi connectivity index (χ2v) is 8.27. The van der Waals surface area contributed by atoms with Crippen molar-refractivity contribution >= 4 is 40.7 Å². The maximum absolute atomic E-state index is 12.2. The Morgan fingerprint density at radius 3 is 2.03 bits per heavy atom. The van der Waals surface area contributed by atoms with E-state index in [1.165, 1.54) is 35.9 Å². The van der Waals surface area contributed by atoms with E-state index < -0.39 is 61.2 Å². The van der Waals surface area contributed by atoms with Crippen LogP contribution in [0.25, 0.3) is 10.9 Å². The Kier molecular flexibility index (Phi) is 8.38. The Balaban J connectivity index is 2.10. The summed E-state index contributed by atoms with van der Waals surface area (Å²) >= 11 is 0. The lowest BCUT2D eigenvalue weighted by Gasteiger charge is -2.43. The fraction of sp³-hybridized carbons (Fsp3) is 0.458. The molecule has 0 aliphatic carbocycles. The maximum Gasteiger partial charge on any atom is 0.303 e. The summed E-state index contributed by atoms with van der Waals surface area (Å²) in [6.07, 6.45) is -5.56. The van der Waals surface area contributed by atoms with Gasteiger partial charge in [0.25, 0.3) is 0 Å². The van der Waals surface area contributed by atoms with Crippen molar-refractivity contribution in [1.29, 1.82) is 0 Å². The van der Waals surface area contributed by atoms with Crippen molar-refractivity contribution < 1.29 is 57.5 Å². The van der Waals surface area contributed by atoms with E-state index >= 15 is 0 Å². The van der Waals surface area contributed by atoms with Gasteiger partial charge in [-0.25, -0.2) is 0 Å². The molecule has 1 aliphatic rings. The number of aromatic hydroxyl groups is 1. The van der Waals surface area contributed by atoms with Crippen LogP contribution in [0.15, 0.2) is 24.4 Å². The number of carbonyl (C=O) groups is 5. The molecule has 13 heteroatoms. The van der Waals surface area contributed by atoms with Crippen LogP contribution in [0.4, 0.5) is 0 Å². The summed E-state index contributed by atoms with van der Waals surface area (Å²) in [7, 11) is 0. The van der Waals surface area contributed by atoms with Crippen molar-refractivity contribution in [1.82, 2.24) is 4.57 Å². The number of fused-ring (bicyclic) bond motifs is 1. The molecule has 3 rings (SSSR count). The standard InChI is InChI=1S/C24H27NO12/c1-11(26)25-9-19(17-8-16(31)6-7-18(17)25)36-24-23(35-15(5)30)22(34-14(4)29)21(33-13(3)28)20(37-24)10-32-12(2)27/h6-9,20-24,31H,10H2,1-5H3/t20-,21-,22+,23-,24-/m1/s1. The van der Waals surface area contributed by atoms with Crippen LogP contribution in [-0.4, -0.2) is 76.8 Å². The highest BCUT2D eigenvalue weighted by molar-refractivity contribution is 5.96. The molecule has 0 saturated carbocycles. The minimum atomic E-state index is -1.49. The van der Waals surface area contributed by atoms with Gasteiger partial charge >= 0.3 is 23.9 Å². The van der Waals surface area contributed by atoms with Gasteiger partial charge in [0.1, 0.15) is 24.2 Å². The molecule has 2 heterocycles. The van der Waals surface area contributed by atoms with Gasteiger partial charge in [0.2, 0.25) is 18.3 Å². The Hall–Kier alpha value is -4.13. The average Bonchev–Trinajstić information content (AvgIpc) is 3.13. The molecule has 1 saturated heterocycles. The van der Waals surface area contributed by atoms with Gasteiger partial charge in [-0.05, 0) is 18.2 Å². The molecule has 0 unspecified atom stereocenters. The van der Waals surface area contributed by atoms with E-state index in [1.807, 2.05) is 0 Å². The van der Waals surface area contributed by atoms with Gasteiger partial charge in [0.15, 0.2) is 12.2 Å².